The van der Waals surface area contributed by atoms with E-state index in [1.54, 1.807) is 5.32 Å². The molecule has 1 aromatic carbocycles. The third-order valence-electron chi connectivity index (χ3n) is 7.99. The van der Waals surface area contributed by atoms with Crippen LogP contribution in [0.25, 0.3) is 10.8 Å². The molecule has 1 saturated carbocycles. The van der Waals surface area contributed by atoms with Gasteiger partial charge >= 0.3 is 12.1 Å². The monoisotopic (exact) mass is 565 g/mol. The van der Waals surface area contributed by atoms with Crippen molar-refractivity contribution in [3.63, 3.8) is 0 Å². The first-order chi connectivity index (χ1) is 18.4. The van der Waals surface area contributed by atoms with Gasteiger partial charge in [0.1, 0.15) is 18.1 Å². The third-order valence-corrected chi connectivity index (χ3v) is 7.99. The summed E-state index contributed by atoms with van der Waals surface area (Å²) in [6, 6.07) is -0.0592. The van der Waals surface area contributed by atoms with E-state index in [-0.39, 0.29) is 40.1 Å². The first-order valence-electron chi connectivity index (χ1n) is 12.5. The van der Waals surface area contributed by atoms with Crippen molar-refractivity contribution in [2.75, 3.05) is 6.54 Å². The molecular weight excluding hydrogens is 537 g/mol. The molecule has 0 bridgehead atoms. The maximum atomic E-state index is 14.3. The number of carbonyl (C=O) groups is 3. The van der Waals surface area contributed by atoms with E-state index in [0.29, 0.717) is 0 Å². The molecule has 1 unspecified atom stereocenters. The maximum Gasteiger partial charge on any atom is 0.471 e. The number of rotatable bonds is 5. The standard InChI is InChI=1S/C27H28F5N5O3/c1-25(2,3)21(36-24(40)27(30,31)32)23(39)37-11-15-18(26(15,4)5)20(37)22(38)35-17(8-33)13-9-34-10-14-12(13)6-7-16(28)19(14)29/h6-7,9-10,15,17-18,20-21H,11H2,1-5H3,(H,35,38)(H,36,40)/t15-,17?,18-,20-,21+/m0/s1. The minimum atomic E-state index is -5.22. The zero-order valence-corrected chi connectivity index (χ0v) is 22.4. The van der Waals surface area contributed by atoms with Crippen LogP contribution in [0.2, 0.25) is 0 Å². The predicted molar refractivity (Wildman–Crippen MR) is 132 cm³/mol. The Hall–Kier alpha value is -3.82. The second kappa shape index (κ2) is 9.67. The SMILES string of the molecule is CC(C)(C)[C@H](NC(=O)C(F)(F)F)C(=O)N1C[C@H]2[C@@H]([C@H]1C(=O)NC(C#N)c1cncc3c(F)c(F)ccc13)C2(C)C. The van der Waals surface area contributed by atoms with Crippen LogP contribution in [0.15, 0.2) is 24.5 Å². The zero-order chi connectivity index (χ0) is 29.9. The molecule has 0 spiro atoms. The van der Waals surface area contributed by atoms with E-state index >= 15 is 0 Å². The van der Waals surface area contributed by atoms with Gasteiger partial charge in [0.2, 0.25) is 11.8 Å². The first-order valence-corrected chi connectivity index (χ1v) is 12.5. The molecule has 3 amide bonds. The van der Waals surface area contributed by atoms with E-state index in [1.807, 2.05) is 19.9 Å². The van der Waals surface area contributed by atoms with Crippen LogP contribution in [0.5, 0.6) is 0 Å². The number of alkyl halides is 3. The molecule has 2 N–H and O–H groups in total. The molecule has 4 rings (SSSR count). The van der Waals surface area contributed by atoms with Gasteiger partial charge in [0, 0.05) is 29.9 Å². The summed E-state index contributed by atoms with van der Waals surface area (Å²) in [6.45, 7) is 8.33. The van der Waals surface area contributed by atoms with Gasteiger partial charge in [-0.2, -0.15) is 18.4 Å². The summed E-state index contributed by atoms with van der Waals surface area (Å²) < 4.78 is 67.2. The summed E-state index contributed by atoms with van der Waals surface area (Å²) in [6.07, 6.45) is -2.90. The molecule has 1 aliphatic carbocycles. The predicted octanol–water partition coefficient (Wildman–Crippen LogP) is 3.77. The normalized spacial score (nSPS) is 23.1. The number of carbonyl (C=O) groups excluding carboxylic acids is 3. The number of pyridine rings is 1. The van der Waals surface area contributed by atoms with Crippen LogP contribution in [0, 0.1) is 45.6 Å². The summed E-state index contributed by atoms with van der Waals surface area (Å²) >= 11 is 0. The second-order valence-corrected chi connectivity index (χ2v) is 11.9. The number of fused-ring (bicyclic) bond motifs is 2. The lowest BCUT2D eigenvalue weighted by Crippen LogP contribution is -2.60. The fraction of sp³-hybridized carbons (Fsp3) is 0.519. The largest absolute Gasteiger partial charge is 0.471 e. The Bertz CT molecular complexity index is 1430. The Morgan fingerprint density at radius 2 is 1.75 bits per heavy atom. The smallest absolute Gasteiger partial charge is 0.336 e. The highest BCUT2D eigenvalue weighted by atomic mass is 19.4. The average molecular weight is 566 g/mol. The van der Waals surface area contributed by atoms with Crippen molar-refractivity contribution in [3.05, 3.63) is 41.7 Å². The van der Waals surface area contributed by atoms with Crippen LogP contribution >= 0.6 is 0 Å². The van der Waals surface area contributed by atoms with Crippen LogP contribution in [0.1, 0.15) is 46.2 Å². The molecule has 2 heterocycles. The van der Waals surface area contributed by atoms with Gasteiger partial charge in [-0.1, -0.05) is 40.7 Å². The number of aromatic nitrogens is 1. The number of hydrogen-bond donors (Lipinski definition) is 2. The highest BCUT2D eigenvalue weighted by molar-refractivity contribution is 5.95. The number of likely N-dealkylation sites (tertiary alicyclic amines) is 1. The molecule has 40 heavy (non-hydrogen) atoms. The summed E-state index contributed by atoms with van der Waals surface area (Å²) in [7, 11) is 0. The van der Waals surface area contributed by atoms with E-state index in [4.69, 9.17) is 0 Å². The topological polar surface area (TPSA) is 115 Å². The lowest BCUT2D eigenvalue weighted by atomic mass is 9.85. The van der Waals surface area contributed by atoms with E-state index in [2.05, 4.69) is 10.3 Å². The lowest BCUT2D eigenvalue weighted by molar-refractivity contribution is -0.176. The fourth-order valence-electron chi connectivity index (χ4n) is 5.68. The van der Waals surface area contributed by atoms with E-state index in [9.17, 15) is 41.6 Å². The Labute approximate surface area is 226 Å². The molecular formula is C27H28F5N5O3. The molecule has 1 aromatic heterocycles. The molecule has 214 valence electrons. The van der Waals surface area contributed by atoms with Crippen molar-refractivity contribution in [2.45, 2.75) is 58.9 Å². The van der Waals surface area contributed by atoms with Crippen LogP contribution in [0.3, 0.4) is 0 Å². The lowest BCUT2D eigenvalue weighted by Gasteiger charge is -2.37. The van der Waals surface area contributed by atoms with Crippen molar-refractivity contribution >= 4 is 28.5 Å². The highest BCUT2D eigenvalue weighted by Gasteiger charge is 2.70. The Morgan fingerprint density at radius 1 is 1.10 bits per heavy atom. The molecule has 13 heteroatoms. The molecule has 2 aliphatic rings. The number of hydrogen-bond acceptors (Lipinski definition) is 5. The second-order valence-electron chi connectivity index (χ2n) is 11.9. The quantitative estimate of drug-likeness (QED) is 0.536. The minimum Gasteiger partial charge on any atom is -0.336 e. The summed E-state index contributed by atoms with van der Waals surface area (Å²) in [5.41, 5.74) is -1.40. The van der Waals surface area contributed by atoms with Gasteiger partial charge in [-0.25, -0.2) is 8.78 Å². The van der Waals surface area contributed by atoms with Crippen molar-refractivity contribution in [1.29, 1.82) is 5.26 Å². The highest BCUT2D eigenvalue weighted by Crippen LogP contribution is 2.65. The van der Waals surface area contributed by atoms with Gasteiger partial charge in [0.25, 0.3) is 0 Å². The minimum absolute atomic E-state index is 0.0700. The Balaban J connectivity index is 1.65. The first kappa shape index (κ1) is 29.2. The molecule has 0 radical (unpaired) electrons. The van der Waals surface area contributed by atoms with Crippen molar-refractivity contribution in [1.82, 2.24) is 20.5 Å². The number of halogens is 5. The average Bonchev–Trinajstić information content (AvgIpc) is 3.18. The van der Waals surface area contributed by atoms with Crippen LogP contribution < -0.4 is 10.6 Å². The summed E-state index contributed by atoms with van der Waals surface area (Å²) in [5, 5.41) is 14.2. The number of nitriles is 1. The van der Waals surface area contributed by atoms with E-state index < -0.39 is 59.1 Å². The number of nitrogens with zero attached hydrogens (tertiary/aromatic N) is 3. The van der Waals surface area contributed by atoms with E-state index in [0.717, 1.165) is 17.2 Å². The van der Waals surface area contributed by atoms with Crippen molar-refractivity contribution in [2.24, 2.45) is 22.7 Å². The molecule has 2 aromatic rings. The molecule has 8 nitrogen and oxygen atoms in total. The van der Waals surface area contributed by atoms with E-state index in [1.165, 1.54) is 33.0 Å². The van der Waals surface area contributed by atoms with Crippen molar-refractivity contribution in [3.8, 4) is 6.07 Å². The van der Waals surface area contributed by atoms with Gasteiger partial charge in [-0.05, 0) is 34.1 Å². The van der Waals surface area contributed by atoms with Gasteiger partial charge in [-0.15, -0.1) is 0 Å². The number of piperidine rings is 1. The van der Waals surface area contributed by atoms with Crippen LogP contribution in [-0.2, 0) is 14.4 Å². The number of nitrogens with one attached hydrogen (secondary N) is 2. The Kier molecular flexibility index (Phi) is 7.05. The van der Waals surface area contributed by atoms with Gasteiger partial charge in [0.15, 0.2) is 11.6 Å². The third kappa shape index (κ3) is 4.95. The summed E-state index contributed by atoms with van der Waals surface area (Å²) in [4.78, 5) is 44.1. The number of benzene rings is 1. The van der Waals surface area contributed by atoms with Crippen molar-refractivity contribution < 1.29 is 36.3 Å². The van der Waals surface area contributed by atoms with Gasteiger partial charge < -0.3 is 15.5 Å². The molecule has 5 atom stereocenters. The molecule has 1 saturated heterocycles. The van der Waals surface area contributed by atoms with Gasteiger partial charge in [0.05, 0.1) is 6.07 Å². The zero-order valence-electron chi connectivity index (χ0n) is 22.4. The fourth-order valence-corrected chi connectivity index (χ4v) is 5.68. The number of amides is 3. The Morgan fingerprint density at radius 3 is 2.33 bits per heavy atom. The summed E-state index contributed by atoms with van der Waals surface area (Å²) in [5.74, 6) is -6.65. The van der Waals surface area contributed by atoms with Crippen LogP contribution in [0.4, 0.5) is 22.0 Å². The molecule has 1 aliphatic heterocycles. The van der Waals surface area contributed by atoms with Gasteiger partial charge in [-0.3, -0.25) is 19.4 Å². The van der Waals surface area contributed by atoms with Crippen LogP contribution in [-0.4, -0.2) is 52.4 Å². The maximum absolute atomic E-state index is 14.3. The molecule has 2 fully saturated rings.